The van der Waals surface area contributed by atoms with Crippen LogP contribution in [0.1, 0.15) is 70.5 Å². The van der Waals surface area contributed by atoms with Crippen molar-refractivity contribution in [2.45, 2.75) is 50.9 Å². The molecule has 2 aliphatic heterocycles. The lowest BCUT2D eigenvalue weighted by Gasteiger charge is -2.52. The lowest BCUT2D eigenvalue weighted by molar-refractivity contribution is -0.139. The van der Waals surface area contributed by atoms with Gasteiger partial charge in [0.05, 0.1) is 30.0 Å². The predicted octanol–water partition coefficient (Wildman–Crippen LogP) is 5.93. The largest absolute Gasteiger partial charge is 0.495 e. The molecule has 1 aliphatic carbocycles. The molecule has 1 saturated carbocycles. The third-order valence-corrected chi connectivity index (χ3v) is 9.41. The molecule has 3 heterocycles. The van der Waals surface area contributed by atoms with E-state index < -0.39 is 35.3 Å². The first-order chi connectivity index (χ1) is 21.8. The number of benzene rings is 2. The van der Waals surface area contributed by atoms with E-state index in [9.17, 15) is 22.8 Å². The molecule has 244 valence electrons. The third kappa shape index (κ3) is 5.81. The third-order valence-electron chi connectivity index (χ3n) is 9.41. The average Bonchev–Trinajstić information content (AvgIpc) is 3.21. The van der Waals surface area contributed by atoms with E-state index in [0.29, 0.717) is 11.8 Å². The number of alkyl halides is 3. The van der Waals surface area contributed by atoms with Crippen molar-refractivity contribution in [3.8, 4) is 17.4 Å². The Morgan fingerprint density at radius 2 is 1.83 bits per heavy atom. The normalized spacial score (nSPS) is 19.5. The van der Waals surface area contributed by atoms with Crippen molar-refractivity contribution >= 4 is 23.5 Å². The number of anilines is 2. The molecular formula is C32H34F4N6O4. The molecule has 0 bridgehead atoms. The maximum absolute atomic E-state index is 15.3. The van der Waals surface area contributed by atoms with Crippen LogP contribution in [0.3, 0.4) is 0 Å². The fraction of sp³-hybridized carbons (Fsp3) is 0.438. The molecule has 10 nitrogen and oxygen atoms in total. The molecule has 14 heteroatoms. The maximum Gasteiger partial charge on any atom is 0.423 e. The summed E-state index contributed by atoms with van der Waals surface area (Å²) in [6.07, 6.45) is -0.525. The lowest BCUT2D eigenvalue weighted by atomic mass is 9.60. The average molecular weight is 643 g/mol. The van der Waals surface area contributed by atoms with Crippen molar-refractivity contribution in [1.29, 1.82) is 0 Å². The summed E-state index contributed by atoms with van der Waals surface area (Å²) >= 11 is 0. The highest BCUT2D eigenvalue weighted by Gasteiger charge is 2.46. The van der Waals surface area contributed by atoms with Crippen molar-refractivity contribution in [2.24, 2.45) is 5.41 Å². The van der Waals surface area contributed by atoms with Crippen molar-refractivity contribution in [2.75, 3.05) is 39.6 Å². The van der Waals surface area contributed by atoms with Gasteiger partial charge in [0.1, 0.15) is 22.9 Å². The molecule has 1 unspecified atom stereocenters. The van der Waals surface area contributed by atoms with Crippen LogP contribution in [0.5, 0.6) is 17.4 Å². The second-order valence-electron chi connectivity index (χ2n) is 12.4. The molecule has 46 heavy (non-hydrogen) atoms. The van der Waals surface area contributed by atoms with Gasteiger partial charge in [-0.05, 0) is 75.9 Å². The van der Waals surface area contributed by atoms with Crippen LogP contribution in [0.2, 0.25) is 0 Å². The highest BCUT2D eigenvalue weighted by molar-refractivity contribution is 6.01. The molecule has 2 aromatic carbocycles. The smallest absolute Gasteiger partial charge is 0.423 e. The number of hydrogen-bond acceptors (Lipinski definition) is 8. The van der Waals surface area contributed by atoms with E-state index in [1.807, 2.05) is 0 Å². The molecule has 2 fully saturated rings. The molecule has 2 amide bonds. The molecule has 1 saturated heterocycles. The number of carbonyl (C=O) groups excluding carboxylic acids is 2. The molecule has 6 rings (SSSR count). The van der Waals surface area contributed by atoms with Crippen LogP contribution in [0.25, 0.3) is 0 Å². The van der Waals surface area contributed by atoms with Gasteiger partial charge in [0.2, 0.25) is 11.8 Å². The van der Waals surface area contributed by atoms with E-state index in [1.54, 1.807) is 26.1 Å². The number of amides is 2. The number of fused-ring (bicyclic) bond motifs is 1. The van der Waals surface area contributed by atoms with Gasteiger partial charge in [-0.1, -0.05) is 12.1 Å². The van der Waals surface area contributed by atoms with Crippen LogP contribution in [0.15, 0.2) is 36.5 Å². The number of hydrogen-bond donors (Lipinski definition) is 2. The summed E-state index contributed by atoms with van der Waals surface area (Å²) in [5.74, 6) is -3.12. The molecule has 1 spiro atoms. The van der Waals surface area contributed by atoms with Crippen molar-refractivity contribution < 1.29 is 36.6 Å². The number of carbonyl (C=O) groups is 2. The zero-order chi connectivity index (χ0) is 33.0. The quantitative estimate of drug-likeness (QED) is 0.306. The minimum Gasteiger partial charge on any atom is -0.495 e. The zero-order valence-electron chi connectivity index (χ0n) is 25.8. The number of rotatable bonds is 7. The van der Waals surface area contributed by atoms with Gasteiger partial charge in [0.15, 0.2) is 0 Å². The summed E-state index contributed by atoms with van der Waals surface area (Å²) in [6.45, 7) is 3.83. The topological polar surface area (TPSA) is 109 Å². The molecule has 1 atom stereocenters. The van der Waals surface area contributed by atoms with Crippen LogP contribution in [-0.2, 0) is 6.18 Å². The maximum atomic E-state index is 15.3. The number of methoxy groups -OCH3 is 1. The number of likely N-dealkylation sites (tertiary alicyclic amines) is 1. The SMILES string of the molecule is COc1cc(C(=O)NC2CC3(CCN(C)CC3)C2)c(F)cc1Nc1ncc(C(F)(F)F)c(Oc2cccc3c2C(=O)N(C)C3C)n1. The summed E-state index contributed by atoms with van der Waals surface area (Å²) in [5.41, 5.74) is -0.559. The molecule has 1 aromatic heterocycles. The van der Waals surface area contributed by atoms with Crippen molar-refractivity contribution in [3.63, 3.8) is 0 Å². The summed E-state index contributed by atoms with van der Waals surface area (Å²) in [5, 5.41) is 5.58. The number of ether oxygens (including phenoxy) is 2. The Morgan fingerprint density at radius 1 is 1.11 bits per heavy atom. The summed E-state index contributed by atoms with van der Waals surface area (Å²) in [7, 11) is 4.99. The minimum absolute atomic E-state index is 0.0255. The van der Waals surface area contributed by atoms with Crippen LogP contribution in [-0.4, -0.2) is 71.9 Å². The van der Waals surface area contributed by atoms with Gasteiger partial charge in [-0.15, -0.1) is 0 Å². The van der Waals surface area contributed by atoms with Gasteiger partial charge in [-0.2, -0.15) is 18.2 Å². The Balaban J connectivity index is 1.22. The highest BCUT2D eigenvalue weighted by atomic mass is 19.4. The summed E-state index contributed by atoms with van der Waals surface area (Å²) in [4.78, 5) is 37.3. The van der Waals surface area contributed by atoms with Gasteiger partial charge >= 0.3 is 6.18 Å². The van der Waals surface area contributed by atoms with Crippen LogP contribution in [0, 0.1) is 11.2 Å². The first-order valence-electron chi connectivity index (χ1n) is 14.9. The second-order valence-corrected chi connectivity index (χ2v) is 12.4. The first-order valence-corrected chi connectivity index (χ1v) is 14.9. The number of halogens is 4. The standard InChI is InChI=1S/C32H34F4N6O4/c1-17-19-6-5-7-24(26(19)29(44)42(17)3)46-28-21(32(34,35)36)16-37-30(40-28)39-23-13-22(33)20(12-25(23)45-4)27(43)38-18-14-31(15-18)8-10-41(2)11-9-31/h5-7,12-13,16-18H,8-11,14-15H2,1-4H3,(H,38,43)(H,37,39,40). The minimum atomic E-state index is -4.88. The monoisotopic (exact) mass is 642 g/mol. The van der Waals surface area contributed by atoms with Gasteiger partial charge in [0.25, 0.3) is 11.8 Å². The van der Waals surface area contributed by atoms with Crippen LogP contribution < -0.4 is 20.1 Å². The molecule has 0 radical (unpaired) electrons. The van der Waals surface area contributed by atoms with Crippen LogP contribution >= 0.6 is 0 Å². The first kappa shape index (κ1) is 31.5. The van der Waals surface area contributed by atoms with E-state index in [-0.39, 0.29) is 51.8 Å². The van der Waals surface area contributed by atoms with Crippen molar-refractivity contribution in [3.05, 3.63) is 64.6 Å². The van der Waals surface area contributed by atoms with E-state index in [1.165, 1.54) is 24.1 Å². The Hall–Kier alpha value is -4.46. The Morgan fingerprint density at radius 3 is 2.50 bits per heavy atom. The van der Waals surface area contributed by atoms with E-state index in [2.05, 4.69) is 32.5 Å². The van der Waals surface area contributed by atoms with Gasteiger partial charge in [-0.25, -0.2) is 9.37 Å². The molecular weight excluding hydrogens is 608 g/mol. The molecule has 3 aromatic rings. The summed E-state index contributed by atoms with van der Waals surface area (Å²) < 4.78 is 68.1. The van der Waals surface area contributed by atoms with Crippen molar-refractivity contribution in [1.82, 2.24) is 25.1 Å². The highest BCUT2D eigenvalue weighted by Crippen LogP contribution is 2.49. The predicted molar refractivity (Wildman–Crippen MR) is 160 cm³/mol. The fourth-order valence-corrected chi connectivity index (χ4v) is 6.54. The summed E-state index contributed by atoms with van der Waals surface area (Å²) in [6, 6.07) is 6.53. The Labute approximate surface area is 263 Å². The number of nitrogens with zero attached hydrogens (tertiary/aromatic N) is 4. The molecule has 3 aliphatic rings. The van der Waals surface area contributed by atoms with Crippen LogP contribution in [0.4, 0.5) is 29.2 Å². The number of nitrogens with one attached hydrogen (secondary N) is 2. The van der Waals surface area contributed by atoms with E-state index >= 15 is 4.39 Å². The van der Waals surface area contributed by atoms with E-state index in [0.717, 1.165) is 44.8 Å². The Bertz CT molecular complexity index is 1680. The lowest BCUT2D eigenvalue weighted by Crippen LogP contribution is -2.54. The Kier molecular flexibility index (Phi) is 8.03. The van der Waals surface area contributed by atoms with Gasteiger partial charge < -0.3 is 29.9 Å². The fourth-order valence-electron chi connectivity index (χ4n) is 6.54. The second kappa shape index (κ2) is 11.7. The number of aromatic nitrogens is 2. The van der Waals surface area contributed by atoms with E-state index in [4.69, 9.17) is 9.47 Å². The molecule has 2 N–H and O–H groups in total. The van der Waals surface area contributed by atoms with Gasteiger partial charge in [-0.3, -0.25) is 9.59 Å². The zero-order valence-corrected chi connectivity index (χ0v) is 25.8. The van der Waals surface area contributed by atoms with Gasteiger partial charge in [0, 0.05) is 25.4 Å². The number of piperidine rings is 1.